The van der Waals surface area contributed by atoms with E-state index in [0.29, 0.717) is 47.5 Å². The lowest BCUT2D eigenvalue weighted by Crippen LogP contribution is -2.26. The number of methoxy groups -OCH3 is 1. The number of aliphatic hydroxyl groups is 1. The summed E-state index contributed by atoms with van der Waals surface area (Å²) in [6.45, 7) is 1.18. The summed E-state index contributed by atoms with van der Waals surface area (Å²) >= 11 is 0. The average molecular weight is 432 g/mol. The van der Waals surface area contributed by atoms with Crippen molar-refractivity contribution in [1.82, 2.24) is 9.97 Å². The second-order valence-corrected chi connectivity index (χ2v) is 7.30. The first-order chi connectivity index (χ1) is 15.7. The lowest BCUT2D eigenvalue weighted by Gasteiger charge is -2.25. The topological polar surface area (TPSA) is 110 Å². The Morgan fingerprint density at radius 1 is 1.22 bits per heavy atom. The first-order valence-electron chi connectivity index (χ1n) is 10.4. The van der Waals surface area contributed by atoms with Gasteiger partial charge in [-0.25, -0.2) is 9.97 Å². The van der Waals surface area contributed by atoms with Crippen molar-refractivity contribution in [3.63, 3.8) is 0 Å². The maximum absolute atomic E-state index is 9.63. The van der Waals surface area contributed by atoms with Crippen molar-refractivity contribution >= 4 is 11.6 Å². The van der Waals surface area contributed by atoms with Crippen LogP contribution in [0.4, 0.5) is 11.6 Å². The van der Waals surface area contributed by atoms with Gasteiger partial charge in [0, 0.05) is 41.9 Å². The number of benzene rings is 2. The fourth-order valence-electron chi connectivity index (χ4n) is 3.57. The molecule has 32 heavy (non-hydrogen) atoms. The number of anilines is 2. The van der Waals surface area contributed by atoms with Gasteiger partial charge in [-0.3, -0.25) is 0 Å². The number of para-hydroxylation sites is 1. The van der Waals surface area contributed by atoms with E-state index in [2.05, 4.69) is 21.4 Å². The highest BCUT2D eigenvalue weighted by Gasteiger charge is 2.20. The Bertz CT molecular complexity index is 1120. The zero-order chi connectivity index (χ0) is 22.3. The molecule has 2 aromatic carbocycles. The lowest BCUT2D eigenvalue weighted by atomic mass is 10.1. The van der Waals surface area contributed by atoms with E-state index in [0.717, 1.165) is 24.1 Å². The summed E-state index contributed by atoms with van der Waals surface area (Å²) in [6.07, 6.45) is 3.21. The third-order valence-electron chi connectivity index (χ3n) is 5.23. The van der Waals surface area contributed by atoms with E-state index in [9.17, 15) is 10.4 Å². The van der Waals surface area contributed by atoms with E-state index in [4.69, 9.17) is 14.2 Å². The molecule has 0 bridgehead atoms. The van der Waals surface area contributed by atoms with Gasteiger partial charge in [-0.1, -0.05) is 12.1 Å². The molecule has 164 valence electrons. The van der Waals surface area contributed by atoms with E-state index in [1.165, 1.54) is 0 Å². The predicted molar refractivity (Wildman–Crippen MR) is 119 cm³/mol. The molecule has 8 heteroatoms. The normalized spacial score (nSPS) is 13.9. The minimum atomic E-state index is -0.111. The number of rotatable bonds is 7. The number of nitrogens with one attached hydrogen (secondary N) is 1. The predicted octanol–water partition coefficient (Wildman–Crippen LogP) is 3.82. The molecule has 0 radical (unpaired) electrons. The van der Waals surface area contributed by atoms with Crippen molar-refractivity contribution in [3.05, 3.63) is 59.8 Å². The number of ether oxygens (including phenoxy) is 3. The molecule has 1 aromatic heterocycles. The SMILES string of the molecule is COc1cc(Nc2nccc(-c3cccc(C#N)c3OC3CCOCC3)n2)ccc1CO. The van der Waals surface area contributed by atoms with Gasteiger partial charge in [0.25, 0.3) is 0 Å². The summed E-state index contributed by atoms with van der Waals surface area (Å²) in [5.74, 6) is 1.49. The van der Waals surface area contributed by atoms with E-state index < -0.39 is 0 Å². The van der Waals surface area contributed by atoms with Crippen LogP contribution < -0.4 is 14.8 Å². The van der Waals surface area contributed by atoms with Gasteiger partial charge < -0.3 is 24.6 Å². The van der Waals surface area contributed by atoms with Gasteiger partial charge in [-0.2, -0.15) is 5.26 Å². The Labute approximate surface area is 186 Å². The van der Waals surface area contributed by atoms with Crippen LogP contribution >= 0.6 is 0 Å². The maximum Gasteiger partial charge on any atom is 0.227 e. The molecule has 2 heterocycles. The van der Waals surface area contributed by atoms with Gasteiger partial charge in [0.05, 0.1) is 38.2 Å². The minimum absolute atomic E-state index is 0.00561. The summed E-state index contributed by atoms with van der Waals surface area (Å²) in [5.41, 5.74) is 3.25. The number of nitrogens with zero attached hydrogens (tertiary/aromatic N) is 3. The fraction of sp³-hybridized carbons (Fsp3) is 0.292. The molecule has 0 unspecified atom stereocenters. The second kappa shape index (κ2) is 10.1. The molecule has 8 nitrogen and oxygen atoms in total. The first kappa shape index (κ1) is 21.6. The Morgan fingerprint density at radius 3 is 2.81 bits per heavy atom. The summed E-state index contributed by atoms with van der Waals surface area (Å²) in [7, 11) is 1.55. The molecule has 1 saturated heterocycles. The standard InChI is InChI=1S/C24H24N4O4/c1-30-22-13-18(6-5-17(22)15-29)27-24-26-10-7-21(28-24)20-4-2-3-16(14-25)23(20)32-19-8-11-31-12-9-19/h2-7,10,13,19,29H,8-9,11-12,15H2,1H3,(H,26,27,28). The van der Waals surface area contributed by atoms with Crippen LogP contribution in [0.1, 0.15) is 24.0 Å². The Balaban J connectivity index is 1.64. The van der Waals surface area contributed by atoms with Crippen LogP contribution in [-0.4, -0.2) is 41.5 Å². The number of hydrogen-bond acceptors (Lipinski definition) is 8. The maximum atomic E-state index is 9.63. The van der Waals surface area contributed by atoms with Crippen molar-refractivity contribution in [2.45, 2.75) is 25.6 Å². The Kier molecular flexibility index (Phi) is 6.80. The number of aliphatic hydroxyl groups excluding tert-OH is 1. The monoisotopic (exact) mass is 432 g/mol. The van der Waals surface area contributed by atoms with Gasteiger partial charge >= 0.3 is 0 Å². The van der Waals surface area contributed by atoms with E-state index in [1.54, 1.807) is 37.6 Å². The molecule has 3 aromatic rings. The highest BCUT2D eigenvalue weighted by molar-refractivity contribution is 5.72. The average Bonchev–Trinajstić information content (AvgIpc) is 2.85. The number of nitriles is 1. The van der Waals surface area contributed by atoms with Crippen LogP contribution in [-0.2, 0) is 11.3 Å². The van der Waals surface area contributed by atoms with Crippen molar-refractivity contribution in [2.75, 3.05) is 25.6 Å². The van der Waals surface area contributed by atoms with E-state index in [-0.39, 0.29) is 12.7 Å². The van der Waals surface area contributed by atoms with Crippen molar-refractivity contribution < 1.29 is 19.3 Å². The summed E-state index contributed by atoms with van der Waals surface area (Å²) in [5, 5.41) is 22.2. The van der Waals surface area contributed by atoms with Gasteiger partial charge in [0.2, 0.25) is 5.95 Å². The quantitative estimate of drug-likeness (QED) is 0.580. The molecular weight excluding hydrogens is 408 g/mol. The van der Waals surface area contributed by atoms with Crippen molar-refractivity contribution in [3.8, 4) is 28.8 Å². The van der Waals surface area contributed by atoms with Crippen LogP contribution in [0.15, 0.2) is 48.7 Å². The molecule has 4 rings (SSSR count). The van der Waals surface area contributed by atoms with Crippen LogP contribution in [0.2, 0.25) is 0 Å². The van der Waals surface area contributed by atoms with Gasteiger partial charge in [0.1, 0.15) is 23.7 Å². The molecule has 0 saturated carbocycles. The lowest BCUT2D eigenvalue weighted by molar-refractivity contribution is 0.0257. The third-order valence-corrected chi connectivity index (χ3v) is 5.23. The molecule has 2 N–H and O–H groups in total. The summed E-state index contributed by atoms with van der Waals surface area (Å²) in [4.78, 5) is 8.95. The van der Waals surface area contributed by atoms with Crippen molar-refractivity contribution in [1.29, 1.82) is 5.26 Å². The van der Waals surface area contributed by atoms with E-state index >= 15 is 0 Å². The zero-order valence-electron chi connectivity index (χ0n) is 17.7. The molecular formula is C24H24N4O4. The van der Waals surface area contributed by atoms with Crippen LogP contribution in [0.25, 0.3) is 11.3 Å². The molecule has 0 aliphatic carbocycles. The molecule has 1 aliphatic rings. The highest BCUT2D eigenvalue weighted by atomic mass is 16.5. The van der Waals surface area contributed by atoms with Gasteiger partial charge in [-0.15, -0.1) is 0 Å². The van der Waals surface area contributed by atoms with Crippen LogP contribution in [0.3, 0.4) is 0 Å². The summed E-state index contributed by atoms with van der Waals surface area (Å²) < 4.78 is 17.0. The largest absolute Gasteiger partial charge is 0.496 e. The summed E-state index contributed by atoms with van der Waals surface area (Å²) in [6, 6.07) is 14.8. The van der Waals surface area contributed by atoms with Gasteiger partial charge in [-0.05, 0) is 24.3 Å². The molecule has 0 atom stereocenters. The van der Waals surface area contributed by atoms with Crippen molar-refractivity contribution in [2.24, 2.45) is 0 Å². The Morgan fingerprint density at radius 2 is 2.06 bits per heavy atom. The van der Waals surface area contributed by atoms with Gasteiger partial charge in [0.15, 0.2) is 0 Å². The number of hydrogen-bond donors (Lipinski definition) is 2. The Hall–Kier alpha value is -3.67. The van der Waals surface area contributed by atoms with Crippen LogP contribution in [0.5, 0.6) is 11.5 Å². The molecule has 0 spiro atoms. The third kappa shape index (κ3) is 4.80. The number of aromatic nitrogens is 2. The molecule has 1 fully saturated rings. The fourth-order valence-corrected chi connectivity index (χ4v) is 3.57. The molecule has 1 aliphatic heterocycles. The van der Waals surface area contributed by atoms with Crippen LogP contribution in [0, 0.1) is 11.3 Å². The zero-order valence-corrected chi connectivity index (χ0v) is 17.7. The first-order valence-corrected chi connectivity index (χ1v) is 10.4. The van der Waals surface area contributed by atoms with E-state index in [1.807, 2.05) is 18.2 Å². The smallest absolute Gasteiger partial charge is 0.227 e. The highest BCUT2D eigenvalue weighted by Crippen LogP contribution is 2.34. The second-order valence-electron chi connectivity index (χ2n) is 7.30. The molecule has 0 amide bonds. The minimum Gasteiger partial charge on any atom is -0.496 e.